The summed E-state index contributed by atoms with van der Waals surface area (Å²) >= 11 is 0. The predicted octanol–water partition coefficient (Wildman–Crippen LogP) is 0.367. The highest BCUT2D eigenvalue weighted by Gasteiger charge is 2.40. The molecule has 0 aliphatic carbocycles. The minimum Gasteiger partial charge on any atom is -0.477 e. The van der Waals surface area contributed by atoms with Crippen LogP contribution in [0.5, 0.6) is 0 Å². The van der Waals surface area contributed by atoms with Crippen molar-refractivity contribution in [2.75, 3.05) is 6.54 Å². The maximum Gasteiger partial charge on any atom is 0.267 e. The van der Waals surface area contributed by atoms with Crippen LogP contribution in [0.3, 0.4) is 0 Å². The number of fused-ring (bicyclic) bond motifs is 2. The van der Waals surface area contributed by atoms with Gasteiger partial charge in [-0.15, -0.1) is 0 Å². The second-order valence-electron chi connectivity index (χ2n) is 3.98. The Morgan fingerprint density at radius 3 is 2.89 bits per heavy atom. The molecular formula is C12H11N3O3. The van der Waals surface area contributed by atoms with Crippen LogP contribution in [-0.2, 0) is 14.3 Å². The number of hydrogen-bond acceptors (Lipinski definition) is 5. The lowest BCUT2D eigenvalue weighted by atomic mass is 9.98. The first-order valence-corrected chi connectivity index (χ1v) is 5.42. The molecule has 1 amide bonds. The van der Waals surface area contributed by atoms with Crippen molar-refractivity contribution in [1.82, 2.24) is 4.90 Å². The van der Waals surface area contributed by atoms with Crippen LogP contribution < -0.4 is 5.73 Å². The zero-order chi connectivity index (χ0) is 12.6. The fraction of sp³-hybridized carbons (Fsp3) is 0.167. The van der Waals surface area contributed by atoms with Crippen molar-refractivity contribution in [3.63, 3.8) is 0 Å². The predicted molar refractivity (Wildman–Crippen MR) is 63.7 cm³/mol. The summed E-state index contributed by atoms with van der Waals surface area (Å²) in [5.74, 6) is 0.0453. The minimum absolute atomic E-state index is 0.243. The van der Waals surface area contributed by atoms with Crippen LogP contribution in [0.4, 0.5) is 0 Å². The summed E-state index contributed by atoms with van der Waals surface area (Å²) in [7, 11) is 0. The van der Waals surface area contributed by atoms with Crippen molar-refractivity contribution in [3.05, 3.63) is 48.9 Å². The number of ether oxygens (including phenoxy) is 2. The minimum atomic E-state index is -0.831. The Labute approximate surface area is 103 Å². The summed E-state index contributed by atoms with van der Waals surface area (Å²) in [6.07, 6.45) is 11.5. The van der Waals surface area contributed by atoms with Crippen LogP contribution in [-0.4, -0.2) is 28.8 Å². The van der Waals surface area contributed by atoms with Crippen molar-refractivity contribution in [2.45, 2.75) is 5.60 Å². The van der Waals surface area contributed by atoms with Crippen molar-refractivity contribution in [2.24, 2.45) is 10.7 Å². The Bertz CT molecular complexity index is 531. The van der Waals surface area contributed by atoms with Crippen molar-refractivity contribution >= 4 is 11.7 Å². The summed E-state index contributed by atoms with van der Waals surface area (Å²) in [6.45, 7) is 0.529. The molecule has 6 nitrogen and oxygen atoms in total. The molecule has 0 aromatic rings. The molecule has 0 saturated heterocycles. The van der Waals surface area contributed by atoms with Crippen LogP contribution in [0.15, 0.2) is 53.9 Å². The summed E-state index contributed by atoms with van der Waals surface area (Å²) in [5.41, 5.74) is 4.67. The van der Waals surface area contributed by atoms with Crippen LogP contribution in [0.2, 0.25) is 0 Å². The largest absolute Gasteiger partial charge is 0.477 e. The highest BCUT2D eigenvalue weighted by Crippen LogP contribution is 2.29. The van der Waals surface area contributed by atoms with Gasteiger partial charge in [0.25, 0.3) is 5.91 Å². The average molecular weight is 245 g/mol. The van der Waals surface area contributed by atoms with E-state index in [-0.39, 0.29) is 5.70 Å². The second-order valence-corrected chi connectivity index (χ2v) is 3.98. The molecule has 3 heterocycles. The summed E-state index contributed by atoms with van der Waals surface area (Å²) in [4.78, 5) is 17.4. The number of carbonyl (C=O) groups excluding carboxylic acids is 1. The third-order valence-electron chi connectivity index (χ3n) is 2.87. The van der Waals surface area contributed by atoms with E-state index in [2.05, 4.69) is 4.99 Å². The molecule has 0 aromatic heterocycles. The van der Waals surface area contributed by atoms with Gasteiger partial charge >= 0.3 is 0 Å². The average Bonchev–Trinajstić information content (AvgIpc) is 2.40. The first-order chi connectivity index (χ1) is 8.71. The van der Waals surface area contributed by atoms with Gasteiger partial charge in [-0.3, -0.25) is 4.79 Å². The molecule has 92 valence electrons. The molecule has 3 aliphatic heterocycles. The van der Waals surface area contributed by atoms with E-state index in [0.29, 0.717) is 12.4 Å². The molecule has 1 spiro atoms. The highest BCUT2D eigenvalue weighted by molar-refractivity contribution is 6.02. The Morgan fingerprint density at radius 1 is 1.39 bits per heavy atom. The quantitative estimate of drug-likeness (QED) is 0.724. The number of aliphatic imine (C=N–C) groups is 1. The van der Waals surface area contributed by atoms with E-state index in [9.17, 15) is 4.79 Å². The van der Waals surface area contributed by atoms with Crippen molar-refractivity contribution in [3.8, 4) is 0 Å². The van der Waals surface area contributed by atoms with E-state index < -0.39 is 11.5 Å². The number of amidine groups is 1. The topological polar surface area (TPSA) is 77.2 Å². The van der Waals surface area contributed by atoms with Gasteiger partial charge in [-0.1, -0.05) is 0 Å². The number of hydrogen-bond donors (Lipinski definition) is 1. The van der Waals surface area contributed by atoms with E-state index in [1.165, 1.54) is 12.5 Å². The van der Waals surface area contributed by atoms with Gasteiger partial charge in [0.15, 0.2) is 5.84 Å². The standard InChI is InChI=1S/C12H11N3O3/c13-10(16)9-1-4-15-5-8-18-12(11(15)14-9)2-6-17-7-3-12/h1-3,5-8H,4H2,(H2,13,16). The third-order valence-corrected chi connectivity index (χ3v) is 2.87. The molecule has 0 bridgehead atoms. The van der Waals surface area contributed by atoms with Gasteiger partial charge in [0, 0.05) is 24.9 Å². The molecule has 6 heteroatoms. The van der Waals surface area contributed by atoms with Crippen LogP contribution in [0, 0.1) is 0 Å². The number of rotatable bonds is 1. The van der Waals surface area contributed by atoms with Crippen molar-refractivity contribution in [1.29, 1.82) is 0 Å². The molecule has 0 unspecified atom stereocenters. The van der Waals surface area contributed by atoms with Crippen molar-refractivity contribution < 1.29 is 14.3 Å². The maximum atomic E-state index is 11.2. The normalized spacial score (nSPS) is 22.8. The van der Waals surface area contributed by atoms with E-state index in [1.54, 1.807) is 30.7 Å². The number of primary amides is 1. The molecule has 2 N–H and O–H groups in total. The summed E-state index contributed by atoms with van der Waals surface area (Å²) < 4.78 is 10.6. The molecular weight excluding hydrogens is 234 g/mol. The van der Waals surface area contributed by atoms with Gasteiger partial charge in [0.05, 0.1) is 12.5 Å². The highest BCUT2D eigenvalue weighted by atomic mass is 16.5. The summed E-state index contributed by atoms with van der Waals surface area (Å²) in [5, 5.41) is 0. The molecule has 0 atom stereocenters. The Morgan fingerprint density at radius 2 is 2.17 bits per heavy atom. The second kappa shape index (κ2) is 3.76. The molecule has 0 saturated carbocycles. The molecule has 0 aromatic carbocycles. The van der Waals surface area contributed by atoms with E-state index in [1.807, 2.05) is 4.90 Å². The summed E-state index contributed by atoms with van der Waals surface area (Å²) in [6, 6.07) is 0. The van der Waals surface area contributed by atoms with Crippen LogP contribution >= 0.6 is 0 Å². The molecule has 18 heavy (non-hydrogen) atoms. The van der Waals surface area contributed by atoms with Crippen LogP contribution in [0.1, 0.15) is 0 Å². The fourth-order valence-electron chi connectivity index (χ4n) is 1.97. The van der Waals surface area contributed by atoms with Gasteiger partial charge in [-0.2, -0.15) is 0 Å². The number of carbonyl (C=O) groups is 1. The Balaban J connectivity index is 2.07. The zero-order valence-corrected chi connectivity index (χ0v) is 9.45. The number of amides is 1. The van der Waals surface area contributed by atoms with E-state index >= 15 is 0 Å². The Kier molecular flexibility index (Phi) is 2.22. The van der Waals surface area contributed by atoms with E-state index in [4.69, 9.17) is 15.2 Å². The lowest BCUT2D eigenvalue weighted by Crippen LogP contribution is -2.50. The first-order valence-electron chi connectivity index (χ1n) is 5.42. The fourth-order valence-corrected chi connectivity index (χ4v) is 1.97. The monoisotopic (exact) mass is 245 g/mol. The van der Waals surface area contributed by atoms with Crippen LogP contribution in [0.25, 0.3) is 0 Å². The van der Waals surface area contributed by atoms with Gasteiger partial charge in [-0.05, 0) is 6.08 Å². The number of nitrogens with zero attached hydrogens (tertiary/aromatic N) is 2. The lowest BCUT2D eigenvalue weighted by molar-refractivity contribution is -0.114. The van der Waals surface area contributed by atoms with Gasteiger partial charge < -0.3 is 20.1 Å². The smallest absolute Gasteiger partial charge is 0.267 e. The first kappa shape index (κ1) is 10.6. The van der Waals surface area contributed by atoms with Gasteiger partial charge in [0.1, 0.15) is 12.0 Å². The Hall–Kier alpha value is -2.50. The molecule has 0 fully saturated rings. The van der Waals surface area contributed by atoms with Gasteiger partial charge in [-0.25, -0.2) is 4.99 Å². The molecule has 3 aliphatic rings. The van der Waals surface area contributed by atoms with Gasteiger partial charge in [0.2, 0.25) is 5.60 Å². The number of nitrogens with two attached hydrogens (primary N) is 1. The zero-order valence-electron chi connectivity index (χ0n) is 9.45. The lowest BCUT2D eigenvalue weighted by Gasteiger charge is -2.39. The van der Waals surface area contributed by atoms with E-state index in [0.717, 1.165) is 0 Å². The maximum absolute atomic E-state index is 11.2. The third kappa shape index (κ3) is 1.50. The molecule has 0 radical (unpaired) electrons. The SMILES string of the molecule is NC(=O)C1=CCN2C=COC3(C=COC=C3)C2=N1. The molecule has 3 rings (SSSR count).